The Balaban J connectivity index is 1.61. The van der Waals surface area contributed by atoms with Crippen molar-refractivity contribution in [3.63, 3.8) is 0 Å². The molecule has 1 fully saturated rings. The van der Waals surface area contributed by atoms with Gasteiger partial charge in [-0.25, -0.2) is 9.89 Å². The van der Waals surface area contributed by atoms with Crippen LogP contribution in [0.2, 0.25) is 0 Å². The van der Waals surface area contributed by atoms with E-state index in [4.69, 9.17) is 4.74 Å². The monoisotopic (exact) mass is 300 g/mol. The molecule has 1 aliphatic heterocycles. The van der Waals surface area contributed by atoms with Crippen molar-refractivity contribution >= 4 is 0 Å². The van der Waals surface area contributed by atoms with Crippen molar-refractivity contribution in [1.82, 2.24) is 20.5 Å². The van der Waals surface area contributed by atoms with Crippen molar-refractivity contribution in [2.45, 2.75) is 31.8 Å². The van der Waals surface area contributed by atoms with Gasteiger partial charge in [0.05, 0.1) is 6.54 Å². The van der Waals surface area contributed by atoms with Gasteiger partial charge in [-0.05, 0) is 35.8 Å². The van der Waals surface area contributed by atoms with E-state index in [1.54, 1.807) is 0 Å². The van der Waals surface area contributed by atoms with E-state index in [1.165, 1.54) is 11.1 Å². The highest BCUT2D eigenvalue weighted by molar-refractivity contribution is 5.38. The first kappa shape index (κ1) is 13.7. The van der Waals surface area contributed by atoms with Gasteiger partial charge in [-0.1, -0.05) is 24.3 Å². The first-order chi connectivity index (χ1) is 10.8. The number of aromatic nitrogens is 3. The minimum Gasteiger partial charge on any atom is -0.381 e. The van der Waals surface area contributed by atoms with Gasteiger partial charge < -0.3 is 10.1 Å². The molecule has 0 amide bonds. The average Bonchev–Trinajstić information content (AvgIpc) is 3.07. The second kappa shape index (κ2) is 5.37. The Kier molecular flexibility index (Phi) is 3.35. The molecule has 3 N–H and O–H groups in total. The first-order valence-corrected chi connectivity index (χ1v) is 7.79. The number of rotatable bonds is 3. The lowest BCUT2D eigenvalue weighted by atomic mass is 9.74. The molecule has 116 valence electrons. The molecular formula is C16H20N4O2. The molecule has 0 bridgehead atoms. The second-order valence-corrected chi connectivity index (χ2v) is 6.29. The van der Waals surface area contributed by atoms with Crippen molar-refractivity contribution in [3.05, 3.63) is 51.7 Å². The fraction of sp³-hybridized carbons (Fsp3) is 0.500. The zero-order chi connectivity index (χ0) is 15.0. The summed E-state index contributed by atoms with van der Waals surface area (Å²) in [5.74, 6) is 0.650. The summed E-state index contributed by atoms with van der Waals surface area (Å²) in [4.78, 5) is 13.9. The summed E-state index contributed by atoms with van der Waals surface area (Å²) in [5.41, 5.74) is 2.77. The lowest BCUT2D eigenvalue weighted by Crippen LogP contribution is -2.40. The van der Waals surface area contributed by atoms with Gasteiger partial charge >= 0.3 is 5.69 Å². The summed E-state index contributed by atoms with van der Waals surface area (Å²) in [6.07, 6.45) is 3.23. The van der Waals surface area contributed by atoms with Crippen LogP contribution in [0.1, 0.15) is 35.8 Å². The van der Waals surface area contributed by atoms with E-state index in [2.05, 4.69) is 44.8 Å². The van der Waals surface area contributed by atoms with Gasteiger partial charge in [0.2, 0.25) is 0 Å². The van der Waals surface area contributed by atoms with Crippen molar-refractivity contribution in [2.75, 3.05) is 13.2 Å². The molecule has 2 heterocycles. The van der Waals surface area contributed by atoms with Crippen molar-refractivity contribution in [1.29, 1.82) is 0 Å². The van der Waals surface area contributed by atoms with Crippen LogP contribution in [0.15, 0.2) is 29.1 Å². The van der Waals surface area contributed by atoms with Crippen LogP contribution in [0.25, 0.3) is 0 Å². The van der Waals surface area contributed by atoms with Gasteiger partial charge in [0.25, 0.3) is 0 Å². The summed E-state index contributed by atoms with van der Waals surface area (Å²) in [6, 6.07) is 8.93. The summed E-state index contributed by atoms with van der Waals surface area (Å²) in [6.45, 7) is 2.21. The number of nitrogens with zero attached hydrogens (tertiary/aromatic N) is 1. The zero-order valence-corrected chi connectivity index (χ0v) is 12.4. The third-order valence-corrected chi connectivity index (χ3v) is 5.03. The zero-order valence-electron chi connectivity index (χ0n) is 12.4. The Hall–Kier alpha value is -1.92. The van der Waals surface area contributed by atoms with Crippen molar-refractivity contribution in [2.24, 2.45) is 5.41 Å². The topological polar surface area (TPSA) is 82.8 Å². The highest BCUT2D eigenvalue weighted by Crippen LogP contribution is 2.51. The molecule has 22 heavy (non-hydrogen) atoms. The van der Waals surface area contributed by atoms with Crippen LogP contribution in [0.5, 0.6) is 0 Å². The molecule has 2 aliphatic rings. The Morgan fingerprint density at radius 3 is 2.91 bits per heavy atom. The predicted molar refractivity (Wildman–Crippen MR) is 81.4 cm³/mol. The van der Waals surface area contributed by atoms with Crippen LogP contribution in [0, 0.1) is 5.41 Å². The van der Waals surface area contributed by atoms with E-state index in [-0.39, 0.29) is 17.1 Å². The quantitative estimate of drug-likeness (QED) is 0.797. The maximum Gasteiger partial charge on any atom is 0.340 e. The number of fused-ring (bicyclic) bond motifs is 1. The standard InChI is InChI=1S/C16H20N4O2/c21-15-18-13(19-20-15)10-17-14-12-4-2-1-3-11(12)9-16(14)5-7-22-8-6-16/h1-4,14,17H,5-10H2,(H2,18,19,20,21). The molecular weight excluding hydrogens is 280 g/mol. The normalized spacial score (nSPS) is 22.8. The molecule has 1 spiro atoms. The third kappa shape index (κ3) is 2.28. The average molecular weight is 300 g/mol. The molecule has 6 heteroatoms. The highest BCUT2D eigenvalue weighted by Gasteiger charge is 2.46. The van der Waals surface area contributed by atoms with Gasteiger partial charge in [-0.3, -0.25) is 4.98 Å². The van der Waals surface area contributed by atoms with Gasteiger partial charge in [0.15, 0.2) is 0 Å². The number of benzene rings is 1. The Bertz CT molecular complexity index is 715. The SMILES string of the molecule is O=c1[nH]nc(CNC2c3ccccc3CC23CCOCC3)[nH]1. The van der Waals surface area contributed by atoms with E-state index in [0.717, 1.165) is 32.5 Å². The summed E-state index contributed by atoms with van der Waals surface area (Å²) in [5, 5.41) is 10.0. The van der Waals surface area contributed by atoms with E-state index >= 15 is 0 Å². The molecule has 0 radical (unpaired) electrons. The highest BCUT2D eigenvalue weighted by atomic mass is 16.5. The second-order valence-electron chi connectivity index (χ2n) is 6.29. The van der Waals surface area contributed by atoms with Crippen LogP contribution >= 0.6 is 0 Å². The number of hydrogen-bond acceptors (Lipinski definition) is 4. The molecule has 6 nitrogen and oxygen atoms in total. The molecule has 0 saturated carbocycles. The minimum atomic E-state index is -0.260. The van der Waals surface area contributed by atoms with Crippen LogP contribution in [-0.2, 0) is 17.7 Å². The van der Waals surface area contributed by atoms with Crippen molar-refractivity contribution < 1.29 is 4.74 Å². The number of nitrogens with one attached hydrogen (secondary N) is 3. The smallest absolute Gasteiger partial charge is 0.340 e. The van der Waals surface area contributed by atoms with Crippen LogP contribution < -0.4 is 11.0 Å². The fourth-order valence-electron chi connectivity index (χ4n) is 3.95. The lowest BCUT2D eigenvalue weighted by molar-refractivity contribution is -0.000333. The Labute approximate surface area is 128 Å². The molecule has 1 atom stereocenters. The lowest BCUT2D eigenvalue weighted by Gasteiger charge is -2.39. The molecule has 1 aromatic heterocycles. The third-order valence-electron chi connectivity index (χ3n) is 5.03. The number of H-pyrrole nitrogens is 2. The van der Waals surface area contributed by atoms with E-state index in [0.29, 0.717) is 12.4 Å². The van der Waals surface area contributed by atoms with Crippen LogP contribution in [0.4, 0.5) is 0 Å². The van der Waals surface area contributed by atoms with Gasteiger partial charge in [0.1, 0.15) is 5.82 Å². The first-order valence-electron chi connectivity index (χ1n) is 7.79. The maximum absolute atomic E-state index is 11.2. The summed E-state index contributed by atoms with van der Waals surface area (Å²) in [7, 11) is 0. The van der Waals surface area contributed by atoms with Gasteiger partial charge in [-0.2, -0.15) is 5.10 Å². The molecule has 1 saturated heterocycles. The molecule has 2 aromatic rings. The Morgan fingerprint density at radius 1 is 1.32 bits per heavy atom. The number of hydrogen-bond donors (Lipinski definition) is 3. The molecule has 1 aromatic carbocycles. The predicted octanol–water partition coefficient (Wildman–Crippen LogP) is 1.28. The summed E-state index contributed by atoms with van der Waals surface area (Å²) < 4.78 is 5.58. The molecule has 1 aliphatic carbocycles. The van der Waals surface area contributed by atoms with E-state index in [9.17, 15) is 4.79 Å². The Morgan fingerprint density at radius 2 is 2.14 bits per heavy atom. The molecule has 4 rings (SSSR count). The largest absolute Gasteiger partial charge is 0.381 e. The van der Waals surface area contributed by atoms with Crippen LogP contribution in [-0.4, -0.2) is 28.4 Å². The van der Waals surface area contributed by atoms with E-state index in [1.807, 2.05) is 0 Å². The fourth-order valence-corrected chi connectivity index (χ4v) is 3.95. The van der Waals surface area contributed by atoms with Crippen molar-refractivity contribution in [3.8, 4) is 0 Å². The summed E-state index contributed by atoms with van der Waals surface area (Å²) >= 11 is 0. The number of ether oxygens (including phenoxy) is 1. The maximum atomic E-state index is 11.2. The van der Waals surface area contributed by atoms with Gasteiger partial charge in [-0.15, -0.1) is 0 Å². The van der Waals surface area contributed by atoms with Crippen LogP contribution in [0.3, 0.4) is 0 Å². The van der Waals surface area contributed by atoms with Gasteiger partial charge in [0, 0.05) is 19.3 Å². The number of aromatic amines is 2. The minimum absolute atomic E-state index is 0.221. The molecule has 1 unspecified atom stereocenters. The van der Waals surface area contributed by atoms with E-state index < -0.39 is 0 Å².